The number of aromatic nitrogens is 3. The first-order chi connectivity index (χ1) is 10.1. The number of amides is 1. The normalized spacial score (nSPS) is 18.7. The number of piperidine rings is 1. The first kappa shape index (κ1) is 13.9. The minimum atomic E-state index is -0.304. The van der Waals surface area contributed by atoms with Crippen molar-refractivity contribution < 1.29 is 4.79 Å². The lowest BCUT2D eigenvalue weighted by Crippen LogP contribution is -2.39. The lowest BCUT2D eigenvalue weighted by molar-refractivity contribution is 0.0699. The third-order valence-electron chi connectivity index (χ3n) is 3.60. The van der Waals surface area contributed by atoms with Crippen LogP contribution in [0.4, 0.5) is 0 Å². The molecule has 0 saturated carbocycles. The van der Waals surface area contributed by atoms with Crippen LogP contribution in [0.15, 0.2) is 23.1 Å². The molecule has 1 saturated heterocycles. The van der Waals surface area contributed by atoms with Crippen molar-refractivity contribution in [3.05, 3.63) is 44.3 Å². The van der Waals surface area contributed by atoms with Crippen molar-refractivity contribution in [3.8, 4) is 0 Å². The van der Waals surface area contributed by atoms with E-state index in [9.17, 15) is 9.59 Å². The molecule has 0 unspecified atom stereocenters. The van der Waals surface area contributed by atoms with Gasteiger partial charge in [-0.2, -0.15) is 5.10 Å². The Balaban J connectivity index is 1.75. The Labute approximate surface area is 125 Å². The standard InChI is InChI=1S/C14H16N4O2S/c1-9-7-15-13(21-9)10-3-2-6-18(8-10)14(20)11-4-5-12(19)17-16-11/h4-5,7,10H,2-3,6,8H2,1H3,(H,17,19)/t10-/m0/s1. The molecule has 3 rings (SSSR count). The molecule has 0 aromatic carbocycles. The SMILES string of the molecule is Cc1cnc([C@H]2CCCN(C(=O)c3ccc(=O)[nH]n3)C2)s1. The van der Waals surface area contributed by atoms with E-state index in [-0.39, 0.29) is 17.2 Å². The van der Waals surface area contributed by atoms with E-state index in [1.807, 2.05) is 13.1 Å². The van der Waals surface area contributed by atoms with Crippen LogP contribution < -0.4 is 5.56 Å². The summed E-state index contributed by atoms with van der Waals surface area (Å²) in [6.45, 7) is 3.42. The van der Waals surface area contributed by atoms with Crippen molar-refractivity contribution in [1.82, 2.24) is 20.1 Å². The van der Waals surface area contributed by atoms with Gasteiger partial charge in [0.15, 0.2) is 0 Å². The second-order valence-corrected chi connectivity index (χ2v) is 6.47. The monoisotopic (exact) mass is 304 g/mol. The number of hydrogen-bond donors (Lipinski definition) is 1. The molecule has 1 fully saturated rings. The van der Waals surface area contributed by atoms with Gasteiger partial charge in [-0.25, -0.2) is 10.1 Å². The van der Waals surface area contributed by atoms with Crippen molar-refractivity contribution in [2.45, 2.75) is 25.7 Å². The van der Waals surface area contributed by atoms with E-state index >= 15 is 0 Å². The number of H-pyrrole nitrogens is 1. The molecule has 0 bridgehead atoms. The Hall–Kier alpha value is -2.02. The maximum absolute atomic E-state index is 12.4. The van der Waals surface area contributed by atoms with Gasteiger partial charge in [0.25, 0.3) is 11.5 Å². The van der Waals surface area contributed by atoms with Gasteiger partial charge in [-0.05, 0) is 25.8 Å². The first-order valence-corrected chi connectivity index (χ1v) is 7.72. The van der Waals surface area contributed by atoms with Gasteiger partial charge in [-0.3, -0.25) is 9.59 Å². The van der Waals surface area contributed by atoms with Gasteiger partial charge in [0.2, 0.25) is 0 Å². The summed E-state index contributed by atoms with van der Waals surface area (Å²) in [6, 6.07) is 2.80. The highest BCUT2D eigenvalue weighted by atomic mass is 32.1. The van der Waals surface area contributed by atoms with Gasteiger partial charge in [-0.15, -0.1) is 11.3 Å². The zero-order chi connectivity index (χ0) is 14.8. The molecule has 7 heteroatoms. The van der Waals surface area contributed by atoms with Crippen LogP contribution in [0.1, 0.15) is 39.1 Å². The van der Waals surface area contributed by atoms with Crippen molar-refractivity contribution in [2.24, 2.45) is 0 Å². The number of nitrogens with one attached hydrogen (secondary N) is 1. The fourth-order valence-electron chi connectivity index (χ4n) is 2.55. The molecule has 1 aliphatic rings. The van der Waals surface area contributed by atoms with Crippen LogP contribution in [0.2, 0.25) is 0 Å². The highest BCUT2D eigenvalue weighted by Gasteiger charge is 2.27. The number of likely N-dealkylation sites (tertiary alicyclic amines) is 1. The van der Waals surface area contributed by atoms with Crippen LogP contribution in [-0.4, -0.2) is 39.1 Å². The lowest BCUT2D eigenvalue weighted by atomic mass is 9.98. The predicted octanol–water partition coefficient (Wildman–Crippen LogP) is 1.55. The number of rotatable bonds is 2. The maximum atomic E-state index is 12.4. The quantitative estimate of drug-likeness (QED) is 0.913. The molecule has 6 nitrogen and oxygen atoms in total. The minimum Gasteiger partial charge on any atom is -0.337 e. The molecule has 2 aromatic rings. The summed E-state index contributed by atoms with van der Waals surface area (Å²) < 4.78 is 0. The number of aromatic amines is 1. The third-order valence-corrected chi connectivity index (χ3v) is 4.67. The van der Waals surface area contributed by atoms with Gasteiger partial charge in [0, 0.05) is 36.1 Å². The molecule has 0 aliphatic carbocycles. The summed E-state index contributed by atoms with van der Waals surface area (Å²) in [6.07, 6.45) is 3.89. The van der Waals surface area contributed by atoms with Crippen LogP contribution in [-0.2, 0) is 0 Å². The summed E-state index contributed by atoms with van der Waals surface area (Å²) in [7, 11) is 0. The van der Waals surface area contributed by atoms with Gasteiger partial charge in [0.1, 0.15) is 5.69 Å². The third kappa shape index (κ3) is 3.02. The number of nitrogens with zero attached hydrogens (tertiary/aromatic N) is 3. The molecule has 0 spiro atoms. The molecule has 3 heterocycles. The predicted molar refractivity (Wildman–Crippen MR) is 79.6 cm³/mol. The number of thiazole rings is 1. The molecule has 1 atom stereocenters. The number of carbonyl (C=O) groups excluding carboxylic acids is 1. The van der Waals surface area contributed by atoms with Crippen LogP contribution >= 0.6 is 11.3 Å². The Bertz CT molecular complexity index is 688. The molecule has 1 aliphatic heterocycles. The Kier molecular flexibility index (Phi) is 3.83. The van der Waals surface area contributed by atoms with Crippen molar-refractivity contribution in [2.75, 3.05) is 13.1 Å². The van der Waals surface area contributed by atoms with Gasteiger partial charge >= 0.3 is 0 Å². The van der Waals surface area contributed by atoms with Crippen molar-refractivity contribution in [1.29, 1.82) is 0 Å². The fraction of sp³-hybridized carbons (Fsp3) is 0.429. The van der Waals surface area contributed by atoms with E-state index in [0.717, 1.165) is 24.4 Å². The molecule has 1 N–H and O–H groups in total. The van der Waals surface area contributed by atoms with Gasteiger partial charge in [-0.1, -0.05) is 0 Å². The summed E-state index contributed by atoms with van der Waals surface area (Å²) in [4.78, 5) is 30.9. The smallest absolute Gasteiger partial charge is 0.274 e. The summed E-state index contributed by atoms with van der Waals surface area (Å²) in [5.74, 6) is 0.161. The van der Waals surface area contributed by atoms with E-state index in [2.05, 4.69) is 15.2 Å². The fourth-order valence-corrected chi connectivity index (χ4v) is 3.45. The van der Waals surface area contributed by atoms with E-state index in [4.69, 9.17) is 0 Å². The number of hydrogen-bond acceptors (Lipinski definition) is 5. The summed E-state index contributed by atoms with van der Waals surface area (Å²) in [5.41, 5.74) is -0.0214. The highest BCUT2D eigenvalue weighted by molar-refractivity contribution is 7.11. The first-order valence-electron chi connectivity index (χ1n) is 6.91. The molecule has 21 heavy (non-hydrogen) atoms. The molecular formula is C14H16N4O2S. The van der Waals surface area contributed by atoms with Crippen LogP contribution in [0.5, 0.6) is 0 Å². The van der Waals surface area contributed by atoms with Crippen LogP contribution in [0.25, 0.3) is 0 Å². The van der Waals surface area contributed by atoms with E-state index in [0.29, 0.717) is 12.5 Å². The topological polar surface area (TPSA) is 79.0 Å². The van der Waals surface area contributed by atoms with E-state index in [1.54, 1.807) is 16.2 Å². The Morgan fingerprint density at radius 3 is 3.00 bits per heavy atom. The zero-order valence-electron chi connectivity index (χ0n) is 11.7. The Morgan fingerprint density at radius 1 is 1.48 bits per heavy atom. The van der Waals surface area contributed by atoms with Crippen LogP contribution in [0, 0.1) is 6.92 Å². The molecular weight excluding hydrogens is 288 g/mol. The lowest BCUT2D eigenvalue weighted by Gasteiger charge is -2.31. The average molecular weight is 304 g/mol. The maximum Gasteiger partial charge on any atom is 0.274 e. The van der Waals surface area contributed by atoms with Crippen molar-refractivity contribution in [3.63, 3.8) is 0 Å². The molecule has 2 aromatic heterocycles. The molecule has 0 radical (unpaired) electrons. The summed E-state index contributed by atoms with van der Waals surface area (Å²) >= 11 is 1.69. The minimum absolute atomic E-state index is 0.135. The number of aryl methyl sites for hydroxylation is 1. The Morgan fingerprint density at radius 2 is 2.33 bits per heavy atom. The second-order valence-electron chi connectivity index (χ2n) is 5.21. The van der Waals surface area contributed by atoms with E-state index in [1.165, 1.54) is 17.0 Å². The van der Waals surface area contributed by atoms with E-state index < -0.39 is 0 Å². The second kappa shape index (κ2) is 5.77. The largest absolute Gasteiger partial charge is 0.337 e. The van der Waals surface area contributed by atoms with Crippen molar-refractivity contribution >= 4 is 17.2 Å². The summed E-state index contributed by atoms with van der Waals surface area (Å²) in [5, 5.41) is 7.21. The van der Waals surface area contributed by atoms with Gasteiger partial charge in [0.05, 0.1) is 5.01 Å². The average Bonchev–Trinajstić information content (AvgIpc) is 2.94. The molecule has 1 amide bonds. The zero-order valence-corrected chi connectivity index (χ0v) is 12.5. The van der Waals surface area contributed by atoms with Gasteiger partial charge < -0.3 is 4.90 Å². The number of carbonyl (C=O) groups is 1. The highest BCUT2D eigenvalue weighted by Crippen LogP contribution is 2.30. The molecule has 110 valence electrons. The van der Waals surface area contributed by atoms with Crippen LogP contribution in [0.3, 0.4) is 0 Å².